The van der Waals surface area contributed by atoms with E-state index in [4.69, 9.17) is 14.2 Å². The molecule has 8 heteroatoms. The molecule has 8 nitrogen and oxygen atoms in total. The second kappa shape index (κ2) is 13.6. The fraction of sp³-hybridized carbons (Fsp3) is 0.318. The molecule has 0 saturated heterocycles. The van der Waals surface area contributed by atoms with E-state index in [9.17, 15) is 14.4 Å². The minimum Gasteiger partial charge on any atom is -0.445 e. The van der Waals surface area contributed by atoms with Gasteiger partial charge in [-0.3, -0.25) is 10.1 Å². The molecule has 30 heavy (non-hydrogen) atoms. The highest BCUT2D eigenvalue weighted by Gasteiger charge is 2.14. The first-order valence-electron chi connectivity index (χ1n) is 9.68. The van der Waals surface area contributed by atoms with Crippen LogP contribution >= 0.6 is 0 Å². The van der Waals surface area contributed by atoms with Gasteiger partial charge in [0.25, 0.3) is 6.47 Å². The van der Waals surface area contributed by atoms with Gasteiger partial charge in [-0.15, -0.1) is 0 Å². The summed E-state index contributed by atoms with van der Waals surface area (Å²) in [7, 11) is 0. The Balaban J connectivity index is 1.57. The minimum absolute atomic E-state index is 0.121. The topological polar surface area (TPSA) is 103 Å². The number of ether oxygens (including phenoxy) is 3. The monoisotopic (exact) mass is 414 g/mol. The van der Waals surface area contributed by atoms with Crippen molar-refractivity contribution >= 4 is 18.7 Å². The molecule has 160 valence electrons. The van der Waals surface area contributed by atoms with Crippen molar-refractivity contribution in [1.29, 1.82) is 0 Å². The Kier molecular flexibility index (Phi) is 10.3. The van der Waals surface area contributed by atoms with Crippen LogP contribution in [0, 0.1) is 0 Å². The molecule has 1 unspecified atom stereocenters. The lowest BCUT2D eigenvalue weighted by atomic mass is 10.2. The van der Waals surface area contributed by atoms with E-state index in [1.807, 2.05) is 60.7 Å². The van der Waals surface area contributed by atoms with Gasteiger partial charge in [-0.2, -0.15) is 0 Å². The second-order valence-corrected chi connectivity index (χ2v) is 6.41. The minimum atomic E-state index is -0.796. The number of alkyl carbamates (subject to hydrolysis) is 2. The van der Waals surface area contributed by atoms with Crippen LogP contribution in [-0.4, -0.2) is 31.4 Å². The Morgan fingerprint density at radius 3 is 1.97 bits per heavy atom. The Morgan fingerprint density at radius 1 is 0.833 bits per heavy atom. The fourth-order valence-electron chi connectivity index (χ4n) is 2.56. The number of rotatable bonds is 12. The number of hydrogen-bond acceptors (Lipinski definition) is 6. The van der Waals surface area contributed by atoms with Crippen LogP contribution in [0.3, 0.4) is 0 Å². The Hall–Kier alpha value is -3.55. The van der Waals surface area contributed by atoms with Gasteiger partial charge in [-0.25, -0.2) is 9.59 Å². The van der Waals surface area contributed by atoms with Gasteiger partial charge in [0.1, 0.15) is 13.2 Å². The second-order valence-electron chi connectivity index (χ2n) is 6.41. The first kappa shape index (κ1) is 22.7. The summed E-state index contributed by atoms with van der Waals surface area (Å²) >= 11 is 0. The van der Waals surface area contributed by atoms with Crippen LogP contribution < -0.4 is 10.6 Å². The quantitative estimate of drug-likeness (QED) is 0.238. The van der Waals surface area contributed by atoms with Gasteiger partial charge in [0, 0.05) is 13.0 Å². The first-order valence-corrected chi connectivity index (χ1v) is 9.68. The van der Waals surface area contributed by atoms with Gasteiger partial charge in [0.15, 0.2) is 6.23 Å². The molecule has 1 atom stereocenters. The molecule has 2 amide bonds. The van der Waals surface area contributed by atoms with Gasteiger partial charge < -0.3 is 19.5 Å². The maximum Gasteiger partial charge on any atom is 0.410 e. The predicted octanol–water partition coefficient (Wildman–Crippen LogP) is 3.51. The number of amides is 2. The number of carbonyl (C=O) groups excluding carboxylic acids is 3. The molecule has 0 bridgehead atoms. The molecular weight excluding hydrogens is 388 g/mol. The smallest absolute Gasteiger partial charge is 0.410 e. The standard InChI is InChI=1S/C22H26N2O6/c25-17-30-20(24-22(27)29-16-19-11-5-2-6-12-19)13-7-8-14-23-21(26)28-15-18-9-3-1-4-10-18/h1-6,9-12,17,20H,7-8,13-16H2,(H,23,26)(H,24,27). The molecule has 0 aliphatic carbocycles. The van der Waals surface area contributed by atoms with E-state index in [2.05, 4.69) is 10.6 Å². The molecule has 2 rings (SSSR count). The SMILES string of the molecule is O=COC(CCCCNC(=O)OCc1ccccc1)NC(=O)OCc1ccccc1. The van der Waals surface area contributed by atoms with E-state index in [1.165, 1.54) is 0 Å². The lowest BCUT2D eigenvalue weighted by molar-refractivity contribution is -0.135. The van der Waals surface area contributed by atoms with Gasteiger partial charge in [-0.1, -0.05) is 60.7 Å². The van der Waals surface area contributed by atoms with Crippen LogP contribution in [-0.2, 0) is 32.2 Å². The molecule has 0 aliphatic rings. The molecular formula is C22H26N2O6. The third-order valence-electron chi connectivity index (χ3n) is 4.09. The zero-order valence-corrected chi connectivity index (χ0v) is 16.6. The van der Waals surface area contributed by atoms with Crippen molar-refractivity contribution in [1.82, 2.24) is 10.6 Å². The average Bonchev–Trinajstić information content (AvgIpc) is 2.77. The molecule has 0 aliphatic heterocycles. The van der Waals surface area contributed by atoms with Crippen LogP contribution in [0.15, 0.2) is 60.7 Å². The highest BCUT2D eigenvalue weighted by molar-refractivity contribution is 5.67. The molecule has 0 aromatic heterocycles. The zero-order valence-electron chi connectivity index (χ0n) is 16.6. The van der Waals surface area contributed by atoms with Crippen LogP contribution in [0.2, 0.25) is 0 Å². The Morgan fingerprint density at radius 2 is 1.40 bits per heavy atom. The van der Waals surface area contributed by atoms with E-state index in [0.29, 0.717) is 25.8 Å². The van der Waals surface area contributed by atoms with Crippen LogP contribution in [0.25, 0.3) is 0 Å². The summed E-state index contributed by atoms with van der Waals surface area (Å²) in [5, 5.41) is 5.15. The maximum absolute atomic E-state index is 11.9. The average molecular weight is 414 g/mol. The van der Waals surface area contributed by atoms with Crippen molar-refractivity contribution in [3.05, 3.63) is 71.8 Å². The summed E-state index contributed by atoms with van der Waals surface area (Å²) in [6, 6.07) is 18.6. The van der Waals surface area contributed by atoms with Crippen molar-refractivity contribution in [3.8, 4) is 0 Å². The van der Waals surface area contributed by atoms with Crippen molar-refractivity contribution < 1.29 is 28.6 Å². The predicted molar refractivity (Wildman–Crippen MR) is 109 cm³/mol. The highest BCUT2D eigenvalue weighted by atomic mass is 16.6. The van der Waals surface area contributed by atoms with Crippen molar-refractivity contribution in [2.24, 2.45) is 0 Å². The van der Waals surface area contributed by atoms with E-state index in [0.717, 1.165) is 11.1 Å². The van der Waals surface area contributed by atoms with Crippen LogP contribution in [0.1, 0.15) is 30.4 Å². The number of hydrogen-bond donors (Lipinski definition) is 2. The van der Waals surface area contributed by atoms with Crippen LogP contribution in [0.5, 0.6) is 0 Å². The largest absolute Gasteiger partial charge is 0.445 e. The fourth-order valence-corrected chi connectivity index (χ4v) is 2.56. The van der Waals surface area contributed by atoms with Crippen molar-refractivity contribution in [2.75, 3.05) is 6.54 Å². The molecule has 0 radical (unpaired) electrons. The lowest BCUT2D eigenvalue weighted by Gasteiger charge is -2.16. The zero-order chi connectivity index (χ0) is 21.4. The van der Waals surface area contributed by atoms with Gasteiger partial charge in [-0.05, 0) is 24.0 Å². The molecule has 0 spiro atoms. The third-order valence-corrected chi connectivity index (χ3v) is 4.09. The summed E-state index contributed by atoms with van der Waals surface area (Å²) in [5.74, 6) is 0. The van der Waals surface area contributed by atoms with E-state index in [1.54, 1.807) is 0 Å². The molecule has 2 aromatic carbocycles. The number of benzene rings is 2. The number of nitrogens with one attached hydrogen (secondary N) is 2. The molecule has 2 aromatic rings. The summed E-state index contributed by atoms with van der Waals surface area (Å²) in [5.41, 5.74) is 1.76. The Bertz CT molecular complexity index is 770. The van der Waals surface area contributed by atoms with Gasteiger partial charge >= 0.3 is 12.2 Å². The first-order chi connectivity index (χ1) is 14.7. The van der Waals surface area contributed by atoms with E-state index in [-0.39, 0.29) is 19.7 Å². The van der Waals surface area contributed by atoms with Crippen molar-refractivity contribution in [3.63, 3.8) is 0 Å². The summed E-state index contributed by atoms with van der Waals surface area (Å²) in [6.45, 7) is 1.01. The summed E-state index contributed by atoms with van der Waals surface area (Å²) in [4.78, 5) is 34.2. The van der Waals surface area contributed by atoms with E-state index >= 15 is 0 Å². The molecule has 2 N–H and O–H groups in total. The summed E-state index contributed by atoms with van der Waals surface area (Å²) < 4.78 is 15.1. The molecule has 0 fully saturated rings. The van der Waals surface area contributed by atoms with Crippen molar-refractivity contribution in [2.45, 2.75) is 38.7 Å². The third kappa shape index (κ3) is 9.59. The lowest BCUT2D eigenvalue weighted by Crippen LogP contribution is -2.37. The Labute approximate surface area is 175 Å². The molecule has 0 saturated carbocycles. The van der Waals surface area contributed by atoms with E-state index < -0.39 is 18.4 Å². The van der Waals surface area contributed by atoms with Gasteiger partial charge in [0.05, 0.1) is 0 Å². The normalized spacial score (nSPS) is 11.1. The number of unbranched alkanes of at least 4 members (excludes halogenated alkanes) is 1. The maximum atomic E-state index is 11.9. The van der Waals surface area contributed by atoms with Gasteiger partial charge in [0.2, 0.25) is 0 Å². The summed E-state index contributed by atoms with van der Waals surface area (Å²) in [6.07, 6.45) is -0.345. The molecule has 0 heterocycles. The highest BCUT2D eigenvalue weighted by Crippen LogP contribution is 2.05. The van der Waals surface area contributed by atoms with Crippen LogP contribution in [0.4, 0.5) is 9.59 Å². The number of carbonyl (C=O) groups is 3.